The van der Waals surface area contributed by atoms with E-state index in [-0.39, 0.29) is 5.66 Å². The summed E-state index contributed by atoms with van der Waals surface area (Å²) in [6.07, 6.45) is 5.91. The smallest absolute Gasteiger partial charge is 0.220 e. The molecule has 3 aliphatic rings. The van der Waals surface area contributed by atoms with Gasteiger partial charge in [0.15, 0.2) is 0 Å². The van der Waals surface area contributed by atoms with E-state index in [4.69, 9.17) is 0 Å². The normalized spacial score (nSPS) is 33.0. The maximum atomic E-state index is 14.0. The molecule has 1 aromatic rings. The zero-order chi connectivity index (χ0) is 14.4. The highest BCUT2D eigenvalue weighted by Gasteiger charge is 2.59. The molecule has 0 amide bonds. The SMILES string of the molecule is C[C@@H](Cc1ccccc1)P1(=O)N2CCC[C@H]2[C@@H]2CCCN21. The molecular weight excluding hydrogens is 279 g/mol. The van der Waals surface area contributed by atoms with Gasteiger partial charge in [-0.15, -0.1) is 0 Å². The molecule has 3 fully saturated rings. The lowest BCUT2D eigenvalue weighted by atomic mass is 10.1. The van der Waals surface area contributed by atoms with Gasteiger partial charge in [0.25, 0.3) is 0 Å². The van der Waals surface area contributed by atoms with E-state index in [1.807, 2.05) is 0 Å². The third-order valence-electron chi connectivity index (χ3n) is 5.67. The van der Waals surface area contributed by atoms with Crippen LogP contribution in [0.1, 0.15) is 38.2 Å². The van der Waals surface area contributed by atoms with Gasteiger partial charge in [-0.25, -0.2) is 9.34 Å². The van der Waals surface area contributed by atoms with Gasteiger partial charge >= 0.3 is 0 Å². The van der Waals surface area contributed by atoms with Gasteiger partial charge < -0.3 is 0 Å². The quantitative estimate of drug-likeness (QED) is 0.795. The number of nitrogens with zero attached hydrogens (tertiary/aromatic N) is 2. The lowest BCUT2D eigenvalue weighted by Gasteiger charge is -2.33. The molecule has 3 atom stereocenters. The van der Waals surface area contributed by atoms with Crippen LogP contribution >= 0.6 is 7.44 Å². The zero-order valence-corrected chi connectivity index (χ0v) is 13.7. The Morgan fingerprint density at radius 3 is 2.24 bits per heavy atom. The predicted octanol–water partition coefficient (Wildman–Crippen LogP) is 3.75. The van der Waals surface area contributed by atoms with Crippen LogP contribution in [0.15, 0.2) is 30.3 Å². The van der Waals surface area contributed by atoms with Crippen LogP contribution in [0.4, 0.5) is 0 Å². The molecule has 0 N–H and O–H groups in total. The van der Waals surface area contributed by atoms with Crippen molar-refractivity contribution >= 4 is 7.44 Å². The summed E-state index contributed by atoms with van der Waals surface area (Å²) in [5.41, 5.74) is 1.56. The van der Waals surface area contributed by atoms with Gasteiger partial charge in [-0.3, -0.25) is 4.57 Å². The number of hydrogen-bond donors (Lipinski definition) is 0. The minimum Gasteiger partial charge on any atom is -0.288 e. The molecule has 0 aromatic heterocycles. The fraction of sp³-hybridized carbons (Fsp3) is 0.647. The van der Waals surface area contributed by atoms with Crippen LogP contribution in [-0.4, -0.2) is 40.2 Å². The maximum Gasteiger partial charge on any atom is 0.220 e. The van der Waals surface area contributed by atoms with Crippen molar-refractivity contribution in [2.75, 3.05) is 13.1 Å². The molecule has 4 rings (SSSR count). The van der Waals surface area contributed by atoms with E-state index < -0.39 is 7.44 Å². The molecule has 3 saturated heterocycles. The van der Waals surface area contributed by atoms with Gasteiger partial charge in [-0.2, -0.15) is 0 Å². The topological polar surface area (TPSA) is 23.6 Å². The van der Waals surface area contributed by atoms with Gasteiger partial charge in [0.2, 0.25) is 7.44 Å². The fourth-order valence-corrected chi connectivity index (χ4v) is 8.78. The fourth-order valence-electron chi connectivity index (χ4n) is 4.78. The Balaban J connectivity index is 1.63. The average molecular weight is 304 g/mol. The van der Waals surface area contributed by atoms with Crippen LogP contribution in [0, 0.1) is 0 Å². The highest BCUT2D eigenvalue weighted by atomic mass is 31.2. The third kappa shape index (κ3) is 2.05. The van der Waals surface area contributed by atoms with Crippen molar-refractivity contribution in [3.05, 3.63) is 35.9 Å². The molecule has 0 aliphatic carbocycles. The molecule has 0 spiro atoms. The first-order chi connectivity index (χ1) is 10.2. The minimum atomic E-state index is -2.37. The zero-order valence-electron chi connectivity index (χ0n) is 12.8. The second-order valence-corrected chi connectivity index (χ2v) is 9.96. The van der Waals surface area contributed by atoms with Gasteiger partial charge in [0.05, 0.1) is 0 Å². The summed E-state index contributed by atoms with van der Waals surface area (Å²) in [5.74, 6) is 0. The van der Waals surface area contributed by atoms with E-state index in [0.717, 1.165) is 19.5 Å². The number of hydrogen-bond acceptors (Lipinski definition) is 1. The minimum absolute atomic E-state index is 0.239. The monoisotopic (exact) mass is 304 g/mol. The van der Waals surface area contributed by atoms with Crippen molar-refractivity contribution in [2.24, 2.45) is 0 Å². The van der Waals surface area contributed by atoms with Crippen LogP contribution in [0.3, 0.4) is 0 Å². The second-order valence-electron chi connectivity index (χ2n) is 6.87. The third-order valence-corrected chi connectivity index (χ3v) is 9.46. The Hall–Kier alpha value is -0.630. The van der Waals surface area contributed by atoms with Crippen molar-refractivity contribution in [3.63, 3.8) is 0 Å². The van der Waals surface area contributed by atoms with Crippen molar-refractivity contribution in [1.82, 2.24) is 9.34 Å². The predicted molar refractivity (Wildman–Crippen MR) is 86.7 cm³/mol. The Morgan fingerprint density at radius 2 is 1.67 bits per heavy atom. The lowest BCUT2D eigenvalue weighted by Crippen LogP contribution is -2.29. The number of fused-ring (bicyclic) bond motifs is 3. The molecule has 21 heavy (non-hydrogen) atoms. The Bertz CT molecular complexity index is 537. The number of benzene rings is 1. The standard InChI is InChI=1S/C17H25N2OP/c1-14(13-15-7-3-2-4-8-15)21(20)18-11-5-9-16(18)17-10-6-12-19(17)21/h2-4,7-8,14,16-17H,5-6,9-13H2,1H3/t14-,16-,17-/m0/s1. The molecule has 114 valence electrons. The van der Waals surface area contributed by atoms with Crippen LogP contribution in [0.25, 0.3) is 0 Å². The summed E-state index contributed by atoms with van der Waals surface area (Å²) >= 11 is 0. The van der Waals surface area contributed by atoms with E-state index in [1.165, 1.54) is 31.2 Å². The van der Waals surface area contributed by atoms with E-state index >= 15 is 0 Å². The highest BCUT2D eigenvalue weighted by Crippen LogP contribution is 2.68. The maximum absolute atomic E-state index is 14.0. The molecule has 3 nitrogen and oxygen atoms in total. The van der Waals surface area contributed by atoms with Crippen LogP contribution in [0.5, 0.6) is 0 Å². The molecule has 3 heterocycles. The largest absolute Gasteiger partial charge is 0.288 e. The first-order valence-corrected chi connectivity index (χ1v) is 10.1. The first-order valence-electron chi connectivity index (χ1n) is 8.39. The van der Waals surface area contributed by atoms with Crippen molar-refractivity contribution in [3.8, 4) is 0 Å². The van der Waals surface area contributed by atoms with E-state index in [2.05, 4.69) is 46.6 Å². The van der Waals surface area contributed by atoms with Crippen molar-refractivity contribution in [1.29, 1.82) is 0 Å². The van der Waals surface area contributed by atoms with Crippen molar-refractivity contribution in [2.45, 2.75) is 56.8 Å². The highest BCUT2D eigenvalue weighted by molar-refractivity contribution is 7.60. The molecule has 1 aromatic carbocycles. The summed E-state index contributed by atoms with van der Waals surface area (Å²) < 4.78 is 18.8. The summed E-state index contributed by atoms with van der Waals surface area (Å²) in [7, 11) is -2.37. The van der Waals surface area contributed by atoms with Crippen LogP contribution < -0.4 is 0 Å². The summed E-state index contributed by atoms with van der Waals surface area (Å²) in [4.78, 5) is 0. The molecular formula is C17H25N2OP. The van der Waals surface area contributed by atoms with E-state index in [0.29, 0.717) is 12.1 Å². The van der Waals surface area contributed by atoms with Gasteiger partial charge in [0.1, 0.15) is 0 Å². The molecule has 0 bridgehead atoms. The Morgan fingerprint density at radius 1 is 1.10 bits per heavy atom. The van der Waals surface area contributed by atoms with Crippen LogP contribution in [0.2, 0.25) is 0 Å². The summed E-state index contributed by atoms with van der Waals surface area (Å²) in [6.45, 7) is 4.31. The summed E-state index contributed by atoms with van der Waals surface area (Å²) in [5, 5.41) is 0. The van der Waals surface area contributed by atoms with E-state index in [9.17, 15) is 4.57 Å². The Labute approximate surface area is 127 Å². The van der Waals surface area contributed by atoms with E-state index in [1.54, 1.807) is 0 Å². The molecule has 3 aliphatic heterocycles. The van der Waals surface area contributed by atoms with Crippen LogP contribution in [-0.2, 0) is 11.0 Å². The average Bonchev–Trinajstić information content (AvgIpc) is 3.18. The molecule has 0 radical (unpaired) electrons. The molecule has 0 unspecified atom stereocenters. The molecule has 0 saturated carbocycles. The van der Waals surface area contributed by atoms with Gasteiger partial charge in [-0.05, 0) is 37.7 Å². The van der Waals surface area contributed by atoms with Gasteiger partial charge in [-0.1, -0.05) is 37.3 Å². The Kier molecular flexibility index (Phi) is 3.48. The summed E-state index contributed by atoms with van der Waals surface area (Å²) in [6, 6.07) is 11.7. The second kappa shape index (κ2) is 5.22. The lowest BCUT2D eigenvalue weighted by molar-refractivity contribution is 0.341. The first kappa shape index (κ1) is 14.0. The van der Waals surface area contributed by atoms with Gasteiger partial charge in [0, 0.05) is 30.8 Å². The number of rotatable bonds is 3. The van der Waals surface area contributed by atoms with Crippen molar-refractivity contribution < 1.29 is 4.57 Å². The molecule has 4 heteroatoms.